The topological polar surface area (TPSA) is 115 Å². The first-order valence-corrected chi connectivity index (χ1v) is 14.9. The fourth-order valence-electron chi connectivity index (χ4n) is 5.77. The van der Waals surface area contributed by atoms with E-state index in [9.17, 15) is 27.9 Å². The summed E-state index contributed by atoms with van der Waals surface area (Å²) in [5, 5.41) is 15.3. The van der Waals surface area contributed by atoms with Gasteiger partial charge in [-0.2, -0.15) is 18.3 Å². The number of alkyl halides is 3. The predicted molar refractivity (Wildman–Crippen MR) is 153 cm³/mol. The second kappa shape index (κ2) is 13.4. The van der Waals surface area contributed by atoms with Crippen LogP contribution in [-0.4, -0.2) is 67.4 Å². The van der Waals surface area contributed by atoms with Gasteiger partial charge in [0.15, 0.2) is 18.3 Å². The van der Waals surface area contributed by atoms with E-state index in [2.05, 4.69) is 5.10 Å². The number of amides is 1. The van der Waals surface area contributed by atoms with Gasteiger partial charge in [0.1, 0.15) is 12.6 Å². The van der Waals surface area contributed by atoms with E-state index in [1.54, 1.807) is 21.7 Å². The molecule has 1 unspecified atom stereocenters. The molecular weight excluding hydrogens is 581 g/mol. The van der Waals surface area contributed by atoms with E-state index in [4.69, 9.17) is 14.5 Å². The highest BCUT2D eigenvalue weighted by Crippen LogP contribution is 2.35. The molecule has 1 N–H and O–H groups in total. The van der Waals surface area contributed by atoms with Gasteiger partial charge in [0, 0.05) is 19.3 Å². The average molecular weight is 619 g/mol. The molecule has 1 aliphatic heterocycles. The van der Waals surface area contributed by atoms with Gasteiger partial charge < -0.3 is 19.5 Å². The summed E-state index contributed by atoms with van der Waals surface area (Å²) in [5.41, 5.74) is 0.339. The summed E-state index contributed by atoms with van der Waals surface area (Å²) in [6.45, 7) is 3.97. The Labute approximate surface area is 253 Å². The first-order valence-electron chi connectivity index (χ1n) is 14.9. The van der Waals surface area contributed by atoms with Crippen LogP contribution < -0.4 is 4.90 Å². The number of fused-ring (bicyclic) bond motifs is 1. The van der Waals surface area contributed by atoms with Crippen molar-refractivity contribution >= 4 is 17.7 Å². The molecule has 1 fully saturated rings. The molecule has 3 heterocycles. The van der Waals surface area contributed by atoms with E-state index >= 15 is 0 Å². The van der Waals surface area contributed by atoms with Crippen molar-refractivity contribution in [2.45, 2.75) is 78.2 Å². The zero-order valence-electron chi connectivity index (χ0n) is 24.8. The molecule has 1 atom stereocenters. The third-order valence-corrected chi connectivity index (χ3v) is 7.98. The summed E-state index contributed by atoms with van der Waals surface area (Å²) >= 11 is 0. The van der Waals surface area contributed by atoms with Crippen molar-refractivity contribution in [3.63, 3.8) is 0 Å². The number of benzene rings is 1. The summed E-state index contributed by atoms with van der Waals surface area (Å²) < 4.78 is 53.8. The Balaban J connectivity index is 1.42. The number of rotatable bonds is 11. The number of hydrogen-bond acceptors (Lipinski definition) is 8. The second-order valence-corrected chi connectivity index (χ2v) is 11.0. The lowest BCUT2D eigenvalue weighted by atomic mass is 9.89. The molecule has 44 heavy (non-hydrogen) atoms. The lowest BCUT2D eigenvalue weighted by molar-refractivity contribution is -0.165. The Morgan fingerprint density at radius 3 is 2.61 bits per heavy atom. The van der Waals surface area contributed by atoms with Crippen molar-refractivity contribution < 1.29 is 37.3 Å². The first kappa shape index (κ1) is 31.5. The third-order valence-electron chi connectivity index (χ3n) is 7.98. The van der Waals surface area contributed by atoms with Crippen molar-refractivity contribution in [3.8, 4) is 11.4 Å². The molecule has 3 aromatic rings. The Kier molecular flexibility index (Phi) is 9.59. The SMILES string of the molecule is CCCN1C(=O)c2c(nc(-c3cnn(Cc4cccc(C(F)(F)F)c4)c3)n2COCOC(=O)C2CCCCC2)N(CC)C1O. The zero-order valence-corrected chi connectivity index (χ0v) is 24.8. The number of esters is 1. The van der Waals surface area contributed by atoms with Crippen LogP contribution >= 0.6 is 0 Å². The second-order valence-electron chi connectivity index (χ2n) is 11.0. The molecule has 0 spiro atoms. The molecule has 238 valence electrons. The van der Waals surface area contributed by atoms with Crippen LogP contribution in [0, 0.1) is 5.92 Å². The molecule has 0 saturated heterocycles. The molecule has 5 rings (SSSR count). The monoisotopic (exact) mass is 618 g/mol. The maximum Gasteiger partial charge on any atom is 0.416 e. The summed E-state index contributed by atoms with van der Waals surface area (Å²) in [6.07, 6.45) is 2.73. The van der Waals surface area contributed by atoms with Gasteiger partial charge in [-0.05, 0) is 43.9 Å². The quantitative estimate of drug-likeness (QED) is 0.185. The van der Waals surface area contributed by atoms with E-state index in [1.165, 1.54) is 21.8 Å². The molecular formula is C30H37F3N6O5. The standard InChI is InChI=1S/C30H37F3N6O5/c1-3-13-38-27(40)24-26(37(4-2)29(38)42)35-25(39(24)18-43-19-44-28(41)21-10-6-5-7-11-21)22-15-34-36(17-22)16-20-9-8-12-23(14-20)30(31,32)33/h8-9,12,14-15,17,21,29,42H,3-7,10-11,13,16,18-19H2,1-2H3. The smallest absolute Gasteiger partial charge is 0.416 e. The molecule has 1 aliphatic carbocycles. The number of carbonyl (C=O) groups is 2. The number of ether oxygens (including phenoxy) is 2. The third kappa shape index (κ3) is 6.60. The molecule has 2 aromatic heterocycles. The first-order chi connectivity index (χ1) is 21.1. The van der Waals surface area contributed by atoms with Gasteiger partial charge in [0.05, 0.1) is 29.8 Å². The van der Waals surface area contributed by atoms with Gasteiger partial charge in [-0.25, -0.2) is 4.98 Å². The number of imidazole rings is 1. The highest BCUT2D eigenvalue weighted by molar-refractivity contribution is 6.00. The maximum absolute atomic E-state index is 13.7. The fraction of sp³-hybridized carbons (Fsp3) is 0.533. The number of nitrogens with zero attached hydrogens (tertiary/aromatic N) is 6. The van der Waals surface area contributed by atoms with Crippen LogP contribution in [0.4, 0.5) is 19.0 Å². The fourth-order valence-corrected chi connectivity index (χ4v) is 5.77. The van der Waals surface area contributed by atoms with Crippen LogP contribution in [-0.2, 0) is 33.7 Å². The number of carbonyl (C=O) groups excluding carboxylic acids is 2. The minimum atomic E-state index is -4.46. The van der Waals surface area contributed by atoms with Gasteiger partial charge in [-0.3, -0.25) is 23.7 Å². The molecule has 0 bridgehead atoms. The van der Waals surface area contributed by atoms with Crippen LogP contribution in [0.3, 0.4) is 0 Å². The Morgan fingerprint density at radius 2 is 1.91 bits per heavy atom. The van der Waals surface area contributed by atoms with Crippen molar-refractivity contribution in [1.29, 1.82) is 0 Å². The predicted octanol–water partition coefficient (Wildman–Crippen LogP) is 4.84. The summed E-state index contributed by atoms with van der Waals surface area (Å²) in [7, 11) is 0. The molecule has 1 amide bonds. The molecule has 0 radical (unpaired) electrons. The van der Waals surface area contributed by atoms with E-state index < -0.39 is 24.0 Å². The number of aliphatic hydroxyl groups is 1. The normalized spacial score (nSPS) is 17.7. The molecule has 14 heteroatoms. The largest absolute Gasteiger partial charge is 0.438 e. The van der Waals surface area contributed by atoms with Crippen molar-refractivity contribution in [2.24, 2.45) is 5.92 Å². The van der Waals surface area contributed by atoms with Crippen LogP contribution in [0.5, 0.6) is 0 Å². The lowest BCUT2D eigenvalue weighted by Gasteiger charge is -2.40. The van der Waals surface area contributed by atoms with Crippen LogP contribution in [0.1, 0.15) is 74.0 Å². The summed E-state index contributed by atoms with van der Waals surface area (Å²) in [5.74, 6) is -0.312. The molecule has 11 nitrogen and oxygen atoms in total. The molecule has 1 aromatic carbocycles. The molecule has 2 aliphatic rings. The van der Waals surface area contributed by atoms with Crippen molar-refractivity contribution in [1.82, 2.24) is 24.2 Å². The van der Waals surface area contributed by atoms with E-state index in [0.29, 0.717) is 36.5 Å². The molecule has 1 saturated carbocycles. The number of anilines is 1. The Hall–Kier alpha value is -3.91. The van der Waals surface area contributed by atoms with Gasteiger partial charge in [-0.1, -0.05) is 38.3 Å². The minimum Gasteiger partial charge on any atom is -0.438 e. The van der Waals surface area contributed by atoms with Crippen LogP contribution in [0.25, 0.3) is 11.4 Å². The Morgan fingerprint density at radius 1 is 1.14 bits per heavy atom. The van der Waals surface area contributed by atoms with Crippen LogP contribution in [0.2, 0.25) is 0 Å². The summed E-state index contributed by atoms with van der Waals surface area (Å²) in [4.78, 5) is 33.8. The van der Waals surface area contributed by atoms with Crippen molar-refractivity contribution in [2.75, 3.05) is 24.8 Å². The van der Waals surface area contributed by atoms with E-state index in [0.717, 1.165) is 44.2 Å². The highest BCUT2D eigenvalue weighted by atomic mass is 19.4. The Bertz CT molecular complexity index is 1470. The zero-order chi connectivity index (χ0) is 31.4. The van der Waals surface area contributed by atoms with E-state index in [-0.39, 0.29) is 43.5 Å². The lowest BCUT2D eigenvalue weighted by Crippen LogP contribution is -2.56. The maximum atomic E-state index is 13.7. The van der Waals surface area contributed by atoms with Crippen molar-refractivity contribution in [3.05, 3.63) is 53.5 Å². The average Bonchev–Trinajstić information content (AvgIpc) is 3.62. The van der Waals surface area contributed by atoms with Crippen LogP contribution in [0.15, 0.2) is 36.7 Å². The van der Waals surface area contributed by atoms with Gasteiger partial charge >= 0.3 is 12.1 Å². The van der Waals surface area contributed by atoms with Gasteiger partial charge in [-0.15, -0.1) is 0 Å². The highest BCUT2D eigenvalue weighted by Gasteiger charge is 2.41. The van der Waals surface area contributed by atoms with Gasteiger partial charge in [0.2, 0.25) is 6.35 Å². The summed E-state index contributed by atoms with van der Waals surface area (Å²) in [6, 6.07) is 5.02. The number of halogens is 3. The van der Waals surface area contributed by atoms with E-state index in [1.807, 2.05) is 13.8 Å². The number of aromatic nitrogens is 4. The minimum absolute atomic E-state index is 0.0704. The number of aliphatic hydroxyl groups excluding tert-OH is 1. The van der Waals surface area contributed by atoms with Gasteiger partial charge in [0.25, 0.3) is 5.91 Å². The number of hydrogen-bond donors (Lipinski definition) is 1.